The van der Waals surface area contributed by atoms with E-state index in [0.717, 1.165) is 48.3 Å². The largest absolute Gasteiger partial charge is 0.495 e. The zero-order valence-corrected chi connectivity index (χ0v) is 18.4. The van der Waals surface area contributed by atoms with Gasteiger partial charge in [-0.1, -0.05) is 11.6 Å². The number of hydrogen-bond acceptors (Lipinski definition) is 5. The highest BCUT2D eigenvalue weighted by molar-refractivity contribution is 6.30. The van der Waals surface area contributed by atoms with Crippen LogP contribution in [0.2, 0.25) is 5.02 Å². The Morgan fingerprint density at radius 3 is 2.97 bits per heavy atom. The van der Waals surface area contributed by atoms with Crippen molar-refractivity contribution < 1.29 is 4.74 Å². The number of hydrogen-bond donors (Lipinski definition) is 2. The summed E-state index contributed by atoms with van der Waals surface area (Å²) < 4.78 is 7.39. The van der Waals surface area contributed by atoms with Crippen LogP contribution in [0.15, 0.2) is 60.2 Å². The average Bonchev–Trinajstić information content (AvgIpc) is 3.49. The van der Waals surface area contributed by atoms with Crippen molar-refractivity contribution in [2.45, 2.75) is 19.0 Å². The van der Waals surface area contributed by atoms with E-state index in [4.69, 9.17) is 16.3 Å². The van der Waals surface area contributed by atoms with Gasteiger partial charge in [-0.15, -0.1) is 0 Å². The summed E-state index contributed by atoms with van der Waals surface area (Å²) in [5.41, 5.74) is 2.13. The number of benzene rings is 1. The molecule has 0 radical (unpaired) electrons. The number of methoxy groups -OCH3 is 1. The number of halogens is 1. The van der Waals surface area contributed by atoms with Gasteiger partial charge >= 0.3 is 0 Å². The average molecular weight is 440 g/mol. The molecule has 1 aliphatic heterocycles. The Kier molecular flexibility index (Phi) is 6.57. The highest BCUT2D eigenvalue weighted by atomic mass is 35.5. The second-order valence-electron chi connectivity index (χ2n) is 7.31. The quantitative estimate of drug-likeness (QED) is 0.454. The highest BCUT2D eigenvalue weighted by Gasteiger charge is 2.25. The van der Waals surface area contributed by atoms with Gasteiger partial charge < -0.3 is 20.3 Å². The predicted octanol–water partition coefficient (Wildman–Crippen LogP) is 2.87. The molecule has 31 heavy (non-hydrogen) atoms. The lowest BCUT2D eigenvalue weighted by Gasteiger charge is -2.22. The summed E-state index contributed by atoms with van der Waals surface area (Å²) >= 11 is 6.20. The lowest BCUT2D eigenvalue weighted by Crippen LogP contribution is -2.44. The first-order valence-electron chi connectivity index (χ1n) is 10.1. The summed E-state index contributed by atoms with van der Waals surface area (Å²) in [5, 5.41) is 7.62. The van der Waals surface area contributed by atoms with E-state index in [1.807, 2.05) is 41.1 Å². The Balaban J connectivity index is 1.34. The Bertz CT molecular complexity index is 1040. The standard InChI is InChI=1S/C22H26ClN7O/c1-24-22(27-13-16-5-7-26-21(11-16)30-10-8-25-15-30)28-18-6-9-29(14-18)19-12-17(23)3-4-20(19)31-2/h3-5,7-8,10-12,15,18H,6,9,13-14H2,1-2H3,(H2,24,27,28). The third kappa shape index (κ3) is 5.08. The van der Waals surface area contributed by atoms with E-state index >= 15 is 0 Å². The molecule has 9 heteroatoms. The normalized spacial score (nSPS) is 16.4. The molecule has 1 aliphatic rings. The maximum Gasteiger partial charge on any atom is 0.191 e. The zero-order valence-electron chi connectivity index (χ0n) is 17.6. The van der Waals surface area contributed by atoms with Crippen molar-refractivity contribution in [3.8, 4) is 11.6 Å². The van der Waals surface area contributed by atoms with Crippen LogP contribution < -0.4 is 20.3 Å². The molecule has 2 aromatic heterocycles. The maximum absolute atomic E-state index is 6.20. The van der Waals surface area contributed by atoms with Gasteiger partial charge in [0.25, 0.3) is 0 Å². The number of nitrogens with one attached hydrogen (secondary N) is 2. The van der Waals surface area contributed by atoms with Crippen molar-refractivity contribution in [3.05, 3.63) is 65.8 Å². The van der Waals surface area contributed by atoms with Gasteiger partial charge in [-0.25, -0.2) is 9.97 Å². The summed E-state index contributed by atoms with van der Waals surface area (Å²) in [6.45, 7) is 2.41. The van der Waals surface area contributed by atoms with E-state index < -0.39 is 0 Å². The molecule has 0 amide bonds. The Labute approximate surface area is 186 Å². The fraction of sp³-hybridized carbons (Fsp3) is 0.318. The van der Waals surface area contributed by atoms with Crippen LogP contribution in [0.3, 0.4) is 0 Å². The van der Waals surface area contributed by atoms with E-state index in [9.17, 15) is 0 Å². The van der Waals surface area contributed by atoms with Crippen molar-refractivity contribution in [3.63, 3.8) is 0 Å². The van der Waals surface area contributed by atoms with Gasteiger partial charge in [0.2, 0.25) is 0 Å². The fourth-order valence-electron chi connectivity index (χ4n) is 3.69. The number of aromatic nitrogens is 3. The second-order valence-corrected chi connectivity index (χ2v) is 7.75. The molecule has 1 atom stereocenters. The maximum atomic E-state index is 6.20. The SMILES string of the molecule is CN=C(NCc1ccnc(-n2ccnc2)c1)NC1CCN(c2cc(Cl)ccc2OC)C1. The Morgan fingerprint density at radius 2 is 2.19 bits per heavy atom. The highest BCUT2D eigenvalue weighted by Crippen LogP contribution is 2.33. The van der Waals surface area contributed by atoms with Gasteiger partial charge in [0, 0.05) is 56.3 Å². The summed E-state index contributed by atoms with van der Waals surface area (Å²) in [6, 6.07) is 10.0. The number of guanidine groups is 1. The topological polar surface area (TPSA) is 79.6 Å². The predicted molar refractivity (Wildman–Crippen MR) is 123 cm³/mol. The summed E-state index contributed by atoms with van der Waals surface area (Å²) in [6.07, 6.45) is 8.15. The number of imidazole rings is 1. The fourth-order valence-corrected chi connectivity index (χ4v) is 3.85. The molecule has 1 aromatic carbocycles. The van der Waals surface area contributed by atoms with Crippen LogP contribution in [-0.4, -0.2) is 53.8 Å². The molecule has 1 unspecified atom stereocenters. The lowest BCUT2D eigenvalue weighted by atomic mass is 10.2. The molecular weight excluding hydrogens is 414 g/mol. The van der Waals surface area contributed by atoms with Crippen molar-refractivity contribution in [1.82, 2.24) is 25.2 Å². The van der Waals surface area contributed by atoms with E-state index in [1.165, 1.54) is 0 Å². The van der Waals surface area contributed by atoms with Crippen LogP contribution in [0.4, 0.5) is 5.69 Å². The number of rotatable bonds is 6. The minimum Gasteiger partial charge on any atom is -0.495 e. The van der Waals surface area contributed by atoms with Crippen molar-refractivity contribution in [2.75, 3.05) is 32.1 Å². The molecule has 162 valence electrons. The van der Waals surface area contributed by atoms with Gasteiger partial charge in [0.1, 0.15) is 17.9 Å². The first-order chi connectivity index (χ1) is 15.2. The van der Waals surface area contributed by atoms with Crippen molar-refractivity contribution >= 4 is 23.2 Å². The molecular formula is C22H26ClN7O. The van der Waals surface area contributed by atoms with E-state index in [1.54, 1.807) is 32.9 Å². The molecule has 0 bridgehead atoms. The van der Waals surface area contributed by atoms with Crippen LogP contribution in [0.1, 0.15) is 12.0 Å². The second kappa shape index (κ2) is 9.70. The van der Waals surface area contributed by atoms with Crippen molar-refractivity contribution in [2.24, 2.45) is 4.99 Å². The van der Waals surface area contributed by atoms with Gasteiger partial charge in [0.15, 0.2) is 5.96 Å². The monoisotopic (exact) mass is 439 g/mol. The minimum atomic E-state index is 0.272. The molecule has 0 saturated carbocycles. The minimum absolute atomic E-state index is 0.272. The Morgan fingerprint density at radius 1 is 1.29 bits per heavy atom. The number of nitrogens with zero attached hydrogens (tertiary/aromatic N) is 5. The molecule has 0 spiro atoms. The van der Waals surface area contributed by atoms with Crippen LogP contribution in [0, 0.1) is 0 Å². The molecule has 0 aliphatic carbocycles. The third-order valence-electron chi connectivity index (χ3n) is 5.27. The first kappa shape index (κ1) is 21.0. The van der Waals surface area contributed by atoms with Gasteiger partial charge in [-0.3, -0.25) is 9.56 Å². The molecule has 3 aromatic rings. The molecule has 8 nitrogen and oxygen atoms in total. The van der Waals surface area contributed by atoms with Crippen LogP contribution in [-0.2, 0) is 6.54 Å². The van der Waals surface area contributed by atoms with Crippen LogP contribution >= 0.6 is 11.6 Å². The van der Waals surface area contributed by atoms with E-state index in [0.29, 0.717) is 11.6 Å². The summed E-state index contributed by atoms with van der Waals surface area (Å²) in [5.74, 6) is 2.44. The van der Waals surface area contributed by atoms with E-state index in [-0.39, 0.29) is 6.04 Å². The number of aliphatic imine (C=N–C) groups is 1. The van der Waals surface area contributed by atoms with Gasteiger partial charge in [-0.05, 0) is 42.3 Å². The van der Waals surface area contributed by atoms with Crippen molar-refractivity contribution in [1.29, 1.82) is 0 Å². The lowest BCUT2D eigenvalue weighted by molar-refractivity contribution is 0.415. The van der Waals surface area contributed by atoms with Crippen LogP contribution in [0.25, 0.3) is 5.82 Å². The molecule has 1 saturated heterocycles. The molecule has 3 heterocycles. The Hall–Kier alpha value is -3.26. The first-order valence-corrected chi connectivity index (χ1v) is 10.5. The summed E-state index contributed by atoms with van der Waals surface area (Å²) in [7, 11) is 3.47. The number of ether oxygens (including phenoxy) is 1. The zero-order chi connectivity index (χ0) is 21.6. The number of pyridine rings is 1. The van der Waals surface area contributed by atoms with Gasteiger partial charge in [0.05, 0.1) is 12.8 Å². The third-order valence-corrected chi connectivity index (χ3v) is 5.51. The van der Waals surface area contributed by atoms with Gasteiger partial charge in [-0.2, -0.15) is 0 Å². The molecule has 2 N–H and O–H groups in total. The molecule has 4 rings (SSSR count). The summed E-state index contributed by atoms with van der Waals surface area (Å²) in [4.78, 5) is 15.1. The molecule has 1 fully saturated rings. The van der Waals surface area contributed by atoms with Crippen LogP contribution in [0.5, 0.6) is 5.75 Å². The number of anilines is 1. The smallest absolute Gasteiger partial charge is 0.191 e. The van der Waals surface area contributed by atoms with E-state index in [2.05, 4.69) is 30.5 Å².